The van der Waals surface area contributed by atoms with Crippen molar-refractivity contribution in [1.29, 1.82) is 0 Å². The van der Waals surface area contributed by atoms with Crippen molar-refractivity contribution in [2.75, 3.05) is 0 Å². The number of benzene rings is 2. The van der Waals surface area contributed by atoms with E-state index in [0.717, 1.165) is 15.8 Å². The number of aromatic nitrogens is 2. The van der Waals surface area contributed by atoms with E-state index in [4.69, 9.17) is 0 Å². The SMILES string of the molecule is Cc1nc2ccc(Br)cc2n1C(C)c1ccccc1. The van der Waals surface area contributed by atoms with Crippen molar-refractivity contribution in [2.24, 2.45) is 0 Å². The lowest BCUT2D eigenvalue weighted by Gasteiger charge is -2.17. The molecule has 96 valence electrons. The molecule has 1 atom stereocenters. The summed E-state index contributed by atoms with van der Waals surface area (Å²) >= 11 is 3.54. The van der Waals surface area contributed by atoms with Crippen LogP contribution in [0.5, 0.6) is 0 Å². The first kappa shape index (κ1) is 12.4. The van der Waals surface area contributed by atoms with E-state index in [1.807, 2.05) is 12.1 Å². The van der Waals surface area contributed by atoms with E-state index in [0.29, 0.717) is 0 Å². The van der Waals surface area contributed by atoms with Crippen molar-refractivity contribution in [3.63, 3.8) is 0 Å². The standard InChI is InChI=1S/C16H15BrN2/c1-11(13-6-4-3-5-7-13)19-12(2)18-15-9-8-14(17)10-16(15)19/h3-11H,1-2H3. The Morgan fingerprint density at radius 2 is 1.84 bits per heavy atom. The van der Waals surface area contributed by atoms with Crippen molar-refractivity contribution in [3.8, 4) is 0 Å². The van der Waals surface area contributed by atoms with Crippen LogP contribution in [0.1, 0.15) is 24.4 Å². The van der Waals surface area contributed by atoms with Crippen LogP contribution in [0.2, 0.25) is 0 Å². The smallest absolute Gasteiger partial charge is 0.107 e. The Kier molecular flexibility index (Phi) is 3.15. The lowest BCUT2D eigenvalue weighted by molar-refractivity contribution is 0.637. The molecule has 0 fully saturated rings. The van der Waals surface area contributed by atoms with Crippen molar-refractivity contribution in [3.05, 3.63) is 64.4 Å². The van der Waals surface area contributed by atoms with Crippen LogP contribution in [0, 0.1) is 6.92 Å². The molecule has 0 bridgehead atoms. The van der Waals surface area contributed by atoms with Crippen molar-refractivity contribution >= 4 is 27.0 Å². The third-order valence-electron chi connectivity index (χ3n) is 3.50. The van der Waals surface area contributed by atoms with Gasteiger partial charge in [-0.05, 0) is 37.6 Å². The van der Waals surface area contributed by atoms with Crippen LogP contribution in [0.25, 0.3) is 11.0 Å². The van der Waals surface area contributed by atoms with Crippen LogP contribution in [0.15, 0.2) is 53.0 Å². The topological polar surface area (TPSA) is 17.8 Å². The molecule has 3 heteroatoms. The lowest BCUT2D eigenvalue weighted by Crippen LogP contribution is -2.08. The van der Waals surface area contributed by atoms with Gasteiger partial charge in [0, 0.05) is 4.47 Å². The third kappa shape index (κ3) is 2.19. The minimum absolute atomic E-state index is 0.278. The van der Waals surface area contributed by atoms with Gasteiger partial charge >= 0.3 is 0 Å². The number of halogens is 1. The Labute approximate surface area is 121 Å². The van der Waals surface area contributed by atoms with E-state index in [1.165, 1.54) is 11.1 Å². The van der Waals surface area contributed by atoms with Gasteiger partial charge in [-0.15, -0.1) is 0 Å². The summed E-state index contributed by atoms with van der Waals surface area (Å²) in [6.45, 7) is 4.28. The molecule has 0 aliphatic carbocycles. The van der Waals surface area contributed by atoms with E-state index < -0.39 is 0 Å². The van der Waals surface area contributed by atoms with Crippen LogP contribution in [-0.4, -0.2) is 9.55 Å². The van der Waals surface area contributed by atoms with Gasteiger partial charge < -0.3 is 4.57 Å². The molecule has 0 amide bonds. The van der Waals surface area contributed by atoms with Crippen molar-refractivity contribution < 1.29 is 0 Å². The van der Waals surface area contributed by atoms with Crippen molar-refractivity contribution in [1.82, 2.24) is 9.55 Å². The fourth-order valence-electron chi connectivity index (χ4n) is 2.56. The normalized spacial score (nSPS) is 12.8. The van der Waals surface area contributed by atoms with Crippen LogP contribution in [0.4, 0.5) is 0 Å². The van der Waals surface area contributed by atoms with Crippen LogP contribution >= 0.6 is 15.9 Å². The minimum atomic E-state index is 0.278. The van der Waals surface area contributed by atoms with Gasteiger partial charge in [0.2, 0.25) is 0 Å². The van der Waals surface area contributed by atoms with E-state index >= 15 is 0 Å². The third-order valence-corrected chi connectivity index (χ3v) is 3.99. The number of imidazole rings is 1. The van der Waals surface area contributed by atoms with E-state index in [-0.39, 0.29) is 6.04 Å². The van der Waals surface area contributed by atoms with Gasteiger partial charge in [-0.3, -0.25) is 0 Å². The molecule has 0 aliphatic heterocycles. The molecule has 2 nitrogen and oxygen atoms in total. The molecular weight excluding hydrogens is 300 g/mol. The summed E-state index contributed by atoms with van der Waals surface area (Å²) in [4.78, 5) is 4.64. The van der Waals surface area contributed by atoms with Crippen LogP contribution in [0.3, 0.4) is 0 Å². The minimum Gasteiger partial charge on any atom is -0.321 e. The summed E-state index contributed by atoms with van der Waals surface area (Å²) in [6, 6.07) is 17.0. The van der Waals surface area contributed by atoms with Gasteiger partial charge in [0.1, 0.15) is 5.82 Å². The highest BCUT2D eigenvalue weighted by molar-refractivity contribution is 9.10. The first-order valence-electron chi connectivity index (χ1n) is 6.36. The van der Waals surface area contributed by atoms with E-state index in [1.54, 1.807) is 0 Å². The summed E-state index contributed by atoms with van der Waals surface area (Å²) in [6.07, 6.45) is 0. The Hall–Kier alpha value is -1.61. The highest BCUT2D eigenvalue weighted by Crippen LogP contribution is 2.27. The van der Waals surface area contributed by atoms with E-state index in [9.17, 15) is 0 Å². The lowest BCUT2D eigenvalue weighted by atomic mass is 10.1. The monoisotopic (exact) mass is 314 g/mol. The molecule has 3 rings (SSSR count). The molecule has 19 heavy (non-hydrogen) atoms. The molecule has 3 aromatic rings. The predicted molar refractivity (Wildman–Crippen MR) is 82.4 cm³/mol. The molecule has 1 unspecified atom stereocenters. The van der Waals surface area contributed by atoms with Gasteiger partial charge in [0.25, 0.3) is 0 Å². The Morgan fingerprint density at radius 1 is 1.11 bits per heavy atom. The quantitative estimate of drug-likeness (QED) is 0.669. The Morgan fingerprint density at radius 3 is 2.58 bits per heavy atom. The maximum Gasteiger partial charge on any atom is 0.107 e. The van der Waals surface area contributed by atoms with Crippen molar-refractivity contribution in [2.45, 2.75) is 19.9 Å². The highest BCUT2D eigenvalue weighted by atomic mass is 79.9. The van der Waals surface area contributed by atoms with Crippen LogP contribution in [-0.2, 0) is 0 Å². The summed E-state index contributed by atoms with van der Waals surface area (Å²) in [5.41, 5.74) is 3.51. The van der Waals surface area contributed by atoms with Gasteiger partial charge in [-0.2, -0.15) is 0 Å². The Balaban J connectivity index is 2.19. The number of hydrogen-bond acceptors (Lipinski definition) is 1. The molecular formula is C16H15BrN2. The first-order chi connectivity index (χ1) is 9.16. The molecule has 1 heterocycles. The largest absolute Gasteiger partial charge is 0.321 e. The second-order valence-corrected chi connectivity index (χ2v) is 5.66. The number of aryl methyl sites for hydroxylation is 1. The maximum absolute atomic E-state index is 4.64. The number of rotatable bonds is 2. The molecule has 0 radical (unpaired) electrons. The molecule has 2 aromatic carbocycles. The number of hydrogen-bond donors (Lipinski definition) is 0. The predicted octanol–water partition coefficient (Wildman–Crippen LogP) is 4.72. The zero-order valence-corrected chi connectivity index (χ0v) is 12.6. The number of fused-ring (bicyclic) bond motifs is 1. The zero-order chi connectivity index (χ0) is 13.4. The maximum atomic E-state index is 4.64. The molecule has 0 N–H and O–H groups in total. The fourth-order valence-corrected chi connectivity index (χ4v) is 2.91. The molecule has 0 spiro atoms. The van der Waals surface area contributed by atoms with Gasteiger partial charge in [0.15, 0.2) is 0 Å². The van der Waals surface area contributed by atoms with Gasteiger partial charge in [0.05, 0.1) is 17.1 Å². The molecule has 0 saturated carbocycles. The summed E-state index contributed by atoms with van der Waals surface area (Å²) in [7, 11) is 0. The Bertz CT molecular complexity index is 716. The zero-order valence-electron chi connectivity index (χ0n) is 11.0. The average molecular weight is 315 g/mol. The summed E-state index contributed by atoms with van der Waals surface area (Å²) in [5, 5.41) is 0. The van der Waals surface area contributed by atoms with Gasteiger partial charge in [-0.1, -0.05) is 46.3 Å². The average Bonchev–Trinajstić information content (AvgIpc) is 2.74. The van der Waals surface area contributed by atoms with Gasteiger partial charge in [-0.25, -0.2) is 4.98 Å². The second kappa shape index (κ2) is 4.82. The van der Waals surface area contributed by atoms with E-state index in [2.05, 4.69) is 75.7 Å². The molecule has 0 aliphatic rings. The van der Waals surface area contributed by atoms with Crippen LogP contribution < -0.4 is 0 Å². The summed E-state index contributed by atoms with van der Waals surface area (Å²) in [5.74, 6) is 1.05. The number of nitrogens with zero attached hydrogens (tertiary/aromatic N) is 2. The fraction of sp³-hybridized carbons (Fsp3) is 0.188. The molecule has 1 aromatic heterocycles. The second-order valence-electron chi connectivity index (χ2n) is 4.75. The highest BCUT2D eigenvalue weighted by Gasteiger charge is 2.14. The first-order valence-corrected chi connectivity index (χ1v) is 7.15. The summed E-state index contributed by atoms with van der Waals surface area (Å²) < 4.78 is 3.37. The molecule has 0 saturated heterocycles.